The predicted octanol–water partition coefficient (Wildman–Crippen LogP) is 1.96. The van der Waals surface area contributed by atoms with E-state index >= 15 is 0 Å². The molecule has 0 aromatic carbocycles. The van der Waals surface area contributed by atoms with Crippen LogP contribution in [0.4, 0.5) is 5.82 Å². The maximum Gasteiger partial charge on any atom is 0.150 e. The van der Waals surface area contributed by atoms with E-state index in [2.05, 4.69) is 15.1 Å². The fraction of sp³-hybridized carbons (Fsp3) is 0.750. The van der Waals surface area contributed by atoms with Crippen LogP contribution >= 0.6 is 0 Å². The topological polar surface area (TPSA) is 55.9 Å². The second-order valence-electron chi connectivity index (χ2n) is 5.00. The zero-order valence-electron chi connectivity index (χ0n) is 9.71. The van der Waals surface area contributed by atoms with Gasteiger partial charge in [0.15, 0.2) is 0 Å². The van der Waals surface area contributed by atoms with Crippen molar-refractivity contribution >= 4 is 5.82 Å². The molecule has 16 heavy (non-hydrogen) atoms. The summed E-state index contributed by atoms with van der Waals surface area (Å²) in [5.41, 5.74) is 8.54. The van der Waals surface area contributed by atoms with Crippen molar-refractivity contribution in [1.82, 2.24) is 15.1 Å². The molecule has 1 aliphatic carbocycles. The highest BCUT2D eigenvalue weighted by molar-refractivity contribution is 5.44. The van der Waals surface area contributed by atoms with E-state index in [1.807, 2.05) is 0 Å². The van der Waals surface area contributed by atoms with E-state index in [0.29, 0.717) is 6.04 Å². The lowest BCUT2D eigenvalue weighted by molar-refractivity contribution is 0.393. The quantitative estimate of drug-likeness (QED) is 0.711. The van der Waals surface area contributed by atoms with E-state index in [-0.39, 0.29) is 0 Å². The number of fused-ring (bicyclic) bond motifs is 1. The second kappa shape index (κ2) is 4.09. The summed E-state index contributed by atoms with van der Waals surface area (Å²) in [4.78, 5) is 0. The van der Waals surface area contributed by atoms with Crippen LogP contribution in [0.15, 0.2) is 0 Å². The Hall–Kier alpha value is -1.03. The number of rotatable bonds is 1. The summed E-state index contributed by atoms with van der Waals surface area (Å²) in [5.74, 6) is 0.740. The fourth-order valence-corrected chi connectivity index (χ4v) is 3.01. The van der Waals surface area contributed by atoms with Gasteiger partial charge in [-0.05, 0) is 12.8 Å². The molecule has 3 N–H and O–H groups in total. The molecule has 0 bridgehead atoms. The second-order valence-corrected chi connectivity index (χ2v) is 5.00. The summed E-state index contributed by atoms with van der Waals surface area (Å²) in [6.45, 7) is 1.84. The third-order valence-electron chi connectivity index (χ3n) is 3.91. The summed E-state index contributed by atoms with van der Waals surface area (Å²) in [7, 11) is 0. The van der Waals surface area contributed by atoms with Crippen molar-refractivity contribution < 1.29 is 0 Å². The van der Waals surface area contributed by atoms with Crippen molar-refractivity contribution in [3.63, 3.8) is 0 Å². The third-order valence-corrected chi connectivity index (χ3v) is 3.91. The van der Waals surface area contributed by atoms with Gasteiger partial charge in [-0.1, -0.05) is 25.7 Å². The van der Waals surface area contributed by atoms with Crippen LogP contribution in [0.3, 0.4) is 0 Å². The van der Waals surface area contributed by atoms with Crippen LogP contribution in [0.25, 0.3) is 0 Å². The number of hydrogen-bond donors (Lipinski definition) is 2. The van der Waals surface area contributed by atoms with Crippen molar-refractivity contribution in [1.29, 1.82) is 0 Å². The monoisotopic (exact) mass is 220 g/mol. The Kier molecular flexibility index (Phi) is 2.59. The average molecular weight is 220 g/mol. The molecule has 1 saturated carbocycles. The molecule has 4 heteroatoms. The van der Waals surface area contributed by atoms with Crippen molar-refractivity contribution in [2.75, 3.05) is 5.73 Å². The van der Waals surface area contributed by atoms with Crippen molar-refractivity contribution in [2.45, 2.75) is 57.7 Å². The van der Waals surface area contributed by atoms with Gasteiger partial charge in [0.2, 0.25) is 0 Å². The van der Waals surface area contributed by atoms with Gasteiger partial charge in [-0.25, -0.2) is 0 Å². The number of nitrogens with two attached hydrogens (primary N) is 1. The molecule has 1 aromatic rings. The molecular formula is C12H20N4. The lowest BCUT2D eigenvalue weighted by Crippen LogP contribution is -2.15. The number of hydrogen-bond acceptors (Lipinski definition) is 3. The summed E-state index contributed by atoms with van der Waals surface area (Å²) >= 11 is 0. The maximum atomic E-state index is 5.97. The van der Waals surface area contributed by atoms with Gasteiger partial charge in [-0.3, -0.25) is 4.68 Å². The van der Waals surface area contributed by atoms with Gasteiger partial charge in [0.25, 0.3) is 0 Å². The molecule has 2 aliphatic rings. The molecule has 1 fully saturated rings. The van der Waals surface area contributed by atoms with Crippen LogP contribution in [0, 0.1) is 0 Å². The van der Waals surface area contributed by atoms with Crippen LogP contribution in [0.1, 0.15) is 55.8 Å². The molecule has 0 atom stereocenters. The Balaban J connectivity index is 1.90. The van der Waals surface area contributed by atoms with E-state index in [0.717, 1.165) is 18.9 Å². The van der Waals surface area contributed by atoms with E-state index in [4.69, 9.17) is 5.73 Å². The summed E-state index contributed by atoms with van der Waals surface area (Å²) < 4.78 is 2.22. The van der Waals surface area contributed by atoms with E-state index in [1.54, 1.807) is 0 Å². The highest BCUT2D eigenvalue weighted by Crippen LogP contribution is 2.31. The molecule has 3 rings (SSSR count). The first-order valence-electron chi connectivity index (χ1n) is 6.42. The minimum atomic E-state index is 0.591. The van der Waals surface area contributed by atoms with Crippen molar-refractivity contribution in [3.8, 4) is 0 Å². The molecule has 0 saturated heterocycles. The highest BCUT2D eigenvalue weighted by atomic mass is 15.3. The number of nitrogens with one attached hydrogen (secondary N) is 1. The van der Waals surface area contributed by atoms with Gasteiger partial charge in [0.05, 0.1) is 11.7 Å². The largest absolute Gasteiger partial charge is 0.382 e. The molecule has 2 heterocycles. The molecule has 1 aromatic heterocycles. The predicted molar refractivity (Wildman–Crippen MR) is 63.9 cm³/mol. The Morgan fingerprint density at radius 1 is 1.12 bits per heavy atom. The summed E-state index contributed by atoms with van der Waals surface area (Å²) in [6.07, 6.45) is 7.99. The minimum Gasteiger partial charge on any atom is -0.382 e. The molecule has 0 unspecified atom stereocenters. The van der Waals surface area contributed by atoms with Crippen LogP contribution in [0.2, 0.25) is 0 Å². The van der Waals surface area contributed by atoms with Crippen molar-refractivity contribution in [2.24, 2.45) is 0 Å². The summed E-state index contributed by atoms with van der Waals surface area (Å²) in [5, 5.41) is 7.91. The van der Waals surface area contributed by atoms with Gasteiger partial charge in [-0.15, -0.1) is 0 Å². The zero-order valence-corrected chi connectivity index (χ0v) is 9.71. The van der Waals surface area contributed by atoms with Crippen molar-refractivity contribution in [3.05, 3.63) is 11.3 Å². The Bertz CT molecular complexity index is 375. The van der Waals surface area contributed by atoms with Gasteiger partial charge in [-0.2, -0.15) is 5.10 Å². The van der Waals surface area contributed by atoms with Gasteiger partial charge in [0.1, 0.15) is 5.82 Å². The van der Waals surface area contributed by atoms with Gasteiger partial charge < -0.3 is 11.1 Å². The normalized spacial score (nSPS) is 22.0. The fourth-order valence-electron chi connectivity index (χ4n) is 3.01. The van der Waals surface area contributed by atoms with E-state index < -0.39 is 0 Å². The molecule has 1 aliphatic heterocycles. The highest BCUT2D eigenvalue weighted by Gasteiger charge is 2.25. The average Bonchev–Trinajstić information content (AvgIpc) is 2.75. The number of nitrogen functional groups attached to an aromatic ring is 1. The lowest BCUT2D eigenvalue weighted by atomic mass is 10.1. The molecule has 0 spiro atoms. The first-order chi connectivity index (χ1) is 7.86. The Labute approximate surface area is 96.2 Å². The summed E-state index contributed by atoms with van der Waals surface area (Å²) in [6, 6.07) is 0.591. The first kappa shape index (κ1) is 10.1. The van der Waals surface area contributed by atoms with Crippen LogP contribution in [0.5, 0.6) is 0 Å². The lowest BCUT2D eigenvalue weighted by Gasteiger charge is -2.17. The Morgan fingerprint density at radius 2 is 1.88 bits per heavy atom. The number of aromatic nitrogens is 2. The smallest absolute Gasteiger partial charge is 0.150 e. The van der Waals surface area contributed by atoms with Crippen LogP contribution < -0.4 is 11.1 Å². The van der Waals surface area contributed by atoms with E-state index in [9.17, 15) is 0 Å². The molecule has 0 amide bonds. The standard InChI is InChI=1S/C12H20N4/c13-12-10-7-14-8-11(10)16(15-12)9-5-3-1-2-4-6-9/h9,14H,1-8H2,(H2,13,15). The van der Waals surface area contributed by atoms with E-state index in [1.165, 1.54) is 49.8 Å². The van der Waals surface area contributed by atoms with Crippen LogP contribution in [-0.2, 0) is 13.1 Å². The first-order valence-corrected chi connectivity index (χ1v) is 6.42. The zero-order chi connectivity index (χ0) is 11.0. The SMILES string of the molecule is Nc1nn(C2CCCCCC2)c2c1CNC2. The molecular weight excluding hydrogens is 200 g/mol. The van der Waals surface area contributed by atoms with Gasteiger partial charge in [0, 0.05) is 18.7 Å². The third kappa shape index (κ3) is 1.61. The molecule has 88 valence electrons. The number of nitrogens with zero attached hydrogens (tertiary/aromatic N) is 2. The maximum absolute atomic E-state index is 5.97. The Morgan fingerprint density at radius 3 is 2.62 bits per heavy atom. The van der Waals surface area contributed by atoms with Gasteiger partial charge >= 0.3 is 0 Å². The molecule has 0 radical (unpaired) electrons. The van der Waals surface area contributed by atoms with Crippen LogP contribution in [-0.4, -0.2) is 9.78 Å². The minimum absolute atomic E-state index is 0.591. The molecule has 4 nitrogen and oxygen atoms in total. The number of anilines is 1.